The van der Waals surface area contributed by atoms with Crippen molar-refractivity contribution in [3.63, 3.8) is 0 Å². The average molecular weight is 397 g/mol. The predicted molar refractivity (Wildman–Crippen MR) is 106 cm³/mol. The highest BCUT2D eigenvalue weighted by atomic mass is 16.6. The molecule has 0 aliphatic rings. The van der Waals surface area contributed by atoms with Crippen molar-refractivity contribution in [3.05, 3.63) is 48.3 Å². The zero-order valence-corrected chi connectivity index (χ0v) is 16.8. The molecule has 1 aromatic carbocycles. The van der Waals surface area contributed by atoms with Crippen LogP contribution >= 0.6 is 0 Å². The molecule has 1 unspecified atom stereocenters. The number of rotatable bonds is 5. The third-order valence-electron chi connectivity index (χ3n) is 4.00. The standard InChI is InChI=1S/C21H23N3O5/c1-21(2,3)29-20(26)24-16(19(25)27-4)12-13-5-6-17-15(11-13)23-18(28-17)14-7-9-22-10-8-14/h5-11,16H,12H2,1-4H3,(H,24,26). The molecule has 0 spiro atoms. The van der Waals surface area contributed by atoms with Gasteiger partial charge in [0.25, 0.3) is 0 Å². The first kappa shape index (κ1) is 20.3. The average Bonchev–Trinajstić information content (AvgIpc) is 3.09. The van der Waals surface area contributed by atoms with Crippen LogP contribution in [-0.4, -0.2) is 40.8 Å². The van der Waals surface area contributed by atoms with Gasteiger partial charge in [0.2, 0.25) is 5.89 Å². The molecular weight excluding hydrogens is 374 g/mol. The smallest absolute Gasteiger partial charge is 0.408 e. The first-order valence-corrected chi connectivity index (χ1v) is 9.12. The molecule has 152 valence electrons. The zero-order valence-electron chi connectivity index (χ0n) is 16.8. The van der Waals surface area contributed by atoms with Gasteiger partial charge in [-0.15, -0.1) is 0 Å². The SMILES string of the molecule is COC(=O)C(Cc1ccc2oc(-c3ccncc3)nc2c1)NC(=O)OC(C)(C)C. The number of esters is 1. The monoisotopic (exact) mass is 397 g/mol. The van der Waals surface area contributed by atoms with Crippen LogP contribution in [-0.2, 0) is 20.7 Å². The first-order chi connectivity index (χ1) is 13.7. The Balaban J connectivity index is 1.80. The van der Waals surface area contributed by atoms with E-state index in [-0.39, 0.29) is 6.42 Å². The van der Waals surface area contributed by atoms with Crippen molar-refractivity contribution in [2.45, 2.75) is 38.8 Å². The number of ether oxygens (including phenoxy) is 2. The minimum atomic E-state index is -0.890. The van der Waals surface area contributed by atoms with Gasteiger partial charge in [-0.25, -0.2) is 14.6 Å². The molecule has 2 aromatic heterocycles. The lowest BCUT2D eigenvalue weighted by Crippen LogP contribution is -2.45. The van der Waals surface area contributed by atoms with E-state index in [9.17, 15) is 9.59 Å². The maximum Gasteiger partial charge on any atom is 0.408 e. The molecule has 8 heteroatoms. The van der Waals surface area contributed by atoms with E-state index in [0.717, 1.165) is 11.1 Å². The van der Waals surface area contributed by atoms with E-state index < -0.39 is 23.7 Å². The number of hydrogen-bond acceptors (Lipinski definition) is 7. The van der Waals surface area contributed by atoms with Crippen molar-refractivity contribution < 1.29 is 23.5 Å². The van der Waals surface area contributed by atoms with Crippen LogP contribution in [0.3, 0.4) is 0 Å². The Bertz CT molecular complexity index is 1010. The van der Waals surface area contributed by atoms with Gasteiger partial charge in [-0.3, -0.25) is 4.98 Å². The van der Waals surface area contributed by atoms with Crippen LogP contribution in [0, 0.1) is 0 Å². The number of methoxy groups -OCH3 is 1. The lowest BCUT2D eigenvalue weighted by molar-refractivity contribution is -0.143. The number of fused-ring (bicyclic) bond motifs is 1. The molecule has 0 radical (unpaired) electrons. The molecule has 8 nitrogen and oxygen atoms in total. The molecule has 0 saturated heterocycles. The van der Waals surface area contributed by atoms with Gasteiger partial charge in [0.15, 0.2) is 5.58 Å². The first-order valence-electron chi connectivity index (χ1n) is 9.12. The zero-order chi connectivity index (χ0) is 21.0. The van der Waals surface area contributed by atoms with E-state index in [0.29, 0.717) is 17.0 Å². The highest BCUT2D eigenvalue weighted by Crippen LogP contribution is 2.25. The number of alkyl carbamates (subject to hydrolysis) is 1. The van der Waals surface area contributed by atoms with Crippen LogP contribution < -0.4 is 5.32 Å². The summed E-state index contributed by atoms with van der Waals surface area (Å²) in [5.41, 5.74) is 2.20. The Kier molecular flexibility index (Phi) is 5.81. The van der Waals surface area contributed by atoms with Crippen LogP contribution in [0.1, 0.15) is 26.3 Å². The van der Waals surface area contributed by atoms with Gasteiger partial charge in [0.1, 0.15) is 17.2 Å². The van der Waals surface area contributed by atoms with Crippen LogP contribution in [0.5, 0.6) is 0 Å². The lowest BCUT2D eigenvalue weighted by atomic mass is 10.1. The molecular formula is C21H23N3O5. The van der Waals surface area contributed by atoms with Crippen LogP contribution in [0.2, 0.25) is 0 Å². The summed E-state index contributed by atoms with van der Waals surface area (Å²) in [7, 11) is 1.27. The molecule has 0 aliphatic carbocycles. The Morgan fingerprint density at radius 1 is 1.17 bits per heavy atom. The van der Waals surface area contributed by atoms with Gasteiger partial charge in [-0.2, -0.15) is 0 Å². The third-order valence-corrected chi connectivity index (χ3v) is 4.00. The summed E-state index contributed by atoms with van der Waals surface area (Å²) in [4.78, 5) is 32.7. The molecule has 0 bridgehead atoms. The van der Waals surface area contributed by atoms with Crippen LogP contribution in [0.4, 0.5) is 4.79 Å². The largest absolute Gasteiger partial charge is 0.467 e. The normalized spacial score (nSPS) is 12.4. The summed E-state index contributed by atoms with van der Waals surface area (Å²) in [5.74, 6) is -0.0791. The number of benzene rings is 1. The Labute approximate surface area is 168 Å². The summed E-state index contributed by atoms with van der Waals surface area (Å²) in [5, 5.41) is 2.57. The summed E-state index contributed by atoms with van der Waals surface area (Å²) in [6.07, 6.45) is 2.87. The summed E-state index contributed by atoms with van der Waals surface area (Å²) >= 11 is 0. The van der Waals surface area contributed by atoms with Crippen molar-refractivity contribution in [1.29, 1.82) is 0 Å². The number of nitrogens with one attached hydrogen (secondary N) is 1. The summed E-state index contributed by atoms with van der Waals surface area (Å²) in [6.45, 7) is 5.25. The minimum absolute atomic E-state index is 0.222. The number of amides is 1. The molecule has 0 saturated carbocycles. The number of carbonyl (C=O) groups excluding carboxylic acids is 2. The van der Waals surface area contributed by atoms with Crippen molar-refractivity contribution in [2.75, 3.05) is 7.11 Å². The van der Waals surface area contributed by atoms with E-state index in [1.54, 1.807) is 39.2 Å². The maximum absolute atomic E-state index is 12.1. The van der Waals surface area contributed by atoms with E-state index >= 15 is 0 Å². The van der Waals surface area contributed by atoms with Crippen molar-refractivity contribution >= 4 is 23.2 Å². The van der Waals surface area contributed by atoms with E-state index in [2.05, 4.69) is 15.3 Å². The highest BCUT2D eigenvalue weighted by molar-refractivity contribution is 5.82. The number of carbonyl (C=O) groups is 2. The van der Waals surface area contributed by atoms with Gasteiger partial charge in [0, 0.05) is 24.4 Å². The highest BCUT2D eigenvalue weighted by Gasteiger charge is 2.25. The number of hydrogen-bond donors (Lipinski definition) is 1. The van der Waals surface area contributed by atoms with E-state index in [4.69, 9.17) is 13.9 Å². The second kappa shape index (κ2) is 8.30. The molecule has 3 rings (SSSR count). The topological polar surface area (TPSA) is 104 Å². The van der Waals surface area contributed by atoms with Crippen LogP contribution in [0.25, 0.3) is 22.6 Å². The Hall–Kier alpha value is -3.42. The van der Waals surface area contributed by atoms with Gasteiger partial charge in [0.05, 0.1) is 7.11 Å². The fraction of sp³-hybridized carbons (Fsp3) is 0.333. The van der Waals surface area contributed by atoms with Crippen molar-refractivity contribution in [2.24, 2.45) is 0 Å². The van der Waals surface area contributed by atoms with Gasteiger partial charge >= 0.3 is 12.1 Å². The van der Waals surface area contributed by atoms with Gasteiger partial charge < -0.3 is 19.2 Å². The second-order valence-corrected chi connectivity index (χ2v) is 7.48. The van der Waals surface area contributed by atoms with Gasteiger partial charge in [-0.1, -0.05) is 6.07 Å². The fourth-order valence-corrected chi connectivity index (χ4v) is 2.74. The number of nitrogens with zero attached hydrogens (tertiary/aromatic N) is 2. The minimum Gasteiger partial charge on any atom is -0.467 e. The predicted octanol–water partition coefficient (Wildman–Crippen LogP) is 3.50. The molecule has 1 amide bonds. The summed E-state index contributed by atoms with van der Waals surface area (Å²) in [6, 6.07) is 8.14. The third kappa shape index (κ3) is 5.31. The van der Waals surface area contributed by atoms with E-state index in [1.807, 2.05) is 24.3 Å². The molecule has 3 aromatic rings. The maximum atomic E-state index is 12.1. The fourth-order valence-electron chi connectivity index (χ4n) is 2.74. The molecule has 1 atom stereocenters. The quantitative estimate of drug-likeness (QED) is 0.657. The number of oxazole rings is 1. The number of pyridine rings is 1. The molecule has 1 N–H and O–H groups in total. The Morgan fingerprint density at radius 3 is 2.55 bits per heavy atom. The van der Waals surface area contributed by atoms with Crippen molar-refractivity contribution in [3.8, 4) is 11.5 Å². The molecule has 2 heterocycles. The number of aromatic nitrogens is 2. The van der Waals surface area contributed by atoms with Crippen molar-refractivity contribution in [1.82, 2.24) is 15.3 Å². The van der Waals surface area contributed by atoms with E-state index in [1.165, 1.54) is 7.11 Å². The lowest BCUT2D eigenvalue weighted by Gasteiger charge is -2.22. The Morgan fingerprint density at radius 2 is 1.90 bits per heavy atom. The molecule has 0 fully saturated rings. The van der Waals surface area contributed by atoms with Crippen LogP contribution in [0.15, 0.2) is 47.1 Å². The van der Waals surface area contributed by atoms with Gasteiger partial charge in [-0.05, 0) is 50.6 Å². The molecule has 29 heavy (non-hydrogen) atoms. The summed E-state index contributed by atoms with van der Waals surface area (Å²) < 4.78 is 15.8. The second-order valence-electron chi connectivity index (χ2n) is 7.48. The molecule has 0 aliphatic heterocycles.